The first-order valence-electron chi connectivity index (χ1n) is 12.7. The van der Waals surface area contributed by atoms with Gasteiger partial charge in [-0.1, -0.05) is 110 Å². The molecule has 182 valence electrons. The van der Waals surface area contributed by atoms with Crippen LogP contribution in [0.15, 0.2) is 0 Å². The summed E-state index contributed by atoms with van der Waals surface area (Å²) < 4.78 is 4.66. The first-order chi connectivity index (χ1) is 15.0. The number of carboxylic acid groups (broad SMARTS) is 1. The van der Waals surface area contributed by atoms with Gasteiger partial charge in [0.05, 0.1) is 0 Å². The SMILES string of the molecule is CCCCCCCCCCCCCCCCCCCC(=O)OC(=O)[C@@H](N)CCC(=O)[O-].[Na+]. The number of hydrogen-bond donors (Lipinski definition) is 1. The molecule has 0 aliphatic rings. The molecular weight excluding hydrogens is 417 g/mol. The maximum Gasteiger partial charge on any atom is 1.00 e. The fourth-order valence-electron chi connectivity index (χ4n) is 3.62. The minimum absolute atomic E-state index is 0. The van der Waals surface area contributed by atoms with E-state index in [9.17, 15) is 19.5 Å². The second kappa shape index (κ2) is 25.2. The van der Waals surface area contributed by atoms with E-state index < -0.39 is 23.9 Å². The second-order valence-corrected chi connectivity index (χ2v) is 8.72. The number of esters is 2. The van der Waals surface area contributed by atoms with Crippen LogP contribution >= 0.6 is 0 Å². The molecule has 32 heavy (non-hydrogen) atoms. The third kappa shape index (κ3) is 24.2. The Labute approximate surface area is 218 Å². The summed E-state index contributed by atoms with van der Waals surface area (Å²) in [6.07, 6.45) is 21.4. The topological polar surface area (TPSA) is 110 Å². The van der Waals surface area contributed by atoms with E-state index in [0.717, 1.165) is 12.8 Å². The quantitative estimate of drug-likeness (QED) is 0.114. The molecule has 0 amide bonds. The summed E-state index contributed by atoms with van der Waals surface area (Å²) in [5, 5.41) is 10.3. The summed E-state index contributed by atoms with van der Waals surface area (Å²) in [6, 6.07) is -1.10. The number of carbonyl (C=O) groups excluding carboxylic acids is 3. The van der Waals surface area contributed by atoms with E-state index in [1.54, 1.807) is 0 Å². The van der Waals surface area contributed by atoms with Crippen LogP contribution in [0.4, 0.5) is 0 Å². The molecular formula is C25H46NNaO5. The summed E-state index contributed by atoms with van der Waals surface area (Å²) in [4.78, 5) is 33.5. The van der Waals surface area contributed by atoms with Gasteiger partial charge in [0.15, 0.2) is 0 Å². The predicted molar refractivity (Wildman–Crippen MR) is 122 cm³/mol. The van der Waals surface area contributed by atoms with Crippen LogP contribution in [0.3, 0.4) is 0 Å². The zero-order chi connectivity index (χ0) is 23.2. The molecule has 0 rings (SSSR count). The van der Waals surface area contributed by atoms with Gasteiger partial charge in [-0.15, -0.1) is 0 Å². The molecule has 0 bridgehead atoms. The third-order valence-electron chi connectivity index (χ3n) is 5.66. The molecule has 0 heterocycles. The Bertz CT molecular complexity index is 473. The predicted octanol–water partition coefficient (Wildman–Crippen LogP) is 1.96. The fraction of sp³-hybridized carbons (Fsp3) is 0.880. The largest absolute Gasteiger partial charge is 1.00 e. The number of nitrogens with two attached hydrogens (primary N) is 1. The van der Waals surface area contributed by atoms with Crippen molar-refractivity contribution in [3.63, 3.8) is 0 Å². The van der Waals surface area contributed by atoms with E-state index in [-0.39, 0.29) is 48.8 Å². The van der Waals surface area contributed by atoms with E-state index in [1.165, 1.54) is 89.9 Å². The number of unbranched alkanes of at least 4 members (excludes halogenated alkanes) is 16. The first kappa shape index (κ1) is 33.7. The van der Waals surface area contributed by atoms with Gasteiger partial charge < -0.3 is 20.4 Å². The van der Waals surface area contributed by atoms with Crippen molar-refractivity contribution >= 4 is 17.9 Å². The maximum absolute atomic E-state index is 11.6. The van der Waals surface area contributed by atoms with E-state index in [4.69, 9.17) is 5.73 Å². The minimum atomic E-state index is -1.28. The number of carbonyl (C=O) groups is 3. The van der Waals surface area contributed by atoms with Crippen LogP contribution in [0, 0.1) is 0 Å². The van der Waals surface area contributed by atoms with Gasteiger partial charge in [-0.2, -0.15) is 0 Å². The van der Waals surface area contributed by atoms with Gasteiger partial charge in [0, 0.05) is 12.4 Å². The van der Waals surface area contributed by atoms with Gasteiger partial charge in [-0.25, -0.2) is 4.79 Å². The van der Waals surface area contributed by atoms with Gasteiger partial charge >= 0.3 is 41.5 Å². The molecule has 0 radical (unpaired) electrons. The molecule has 2 N–H and O–H groups in total. The molecule has 0 saturated heterocycles. The smallest absolute Gasteiger partial charge is 0.550 e. The maximum atomic E-state index is 11.6. The van der Waals surface area contributed by atoms with Crippen molar-refractivity contribution in [2.45, 2.75) is 141 Å². The van der Waals surface area contributed by atoms with Crippen LogP contribution in [0.5, 0.6) is 0 Å². The van der Waals surface area contributed by atoms with E-state index in [2.05, 4.69) is 11.7 Å². The Hall–Kier alpha value is -0.430. The summed E-state index contributed by atoms with van der Waals surface area (Å²) in [6.45, 7) is 2.26. The molecule has 0 aliphatic carbocycles. The molecule has 0 unspecified atom stereocenters. The Morgan fingerprint density at radius 1 is 0.688 bits per heavy atom. The fourth-order valence-corrected chi connectivity index (χ4v) is 3.62. The summed E-state index contributed by atoms with van der Waals surface area (Å²) >= 11 is 0. The Morgan fingerprint density at radius 2 is 1.06 bits per heavy atom. The number of carboxylic acids is 1. The summed E-state index contributed by atoms with van der Waals surface area (Å²) in [5.74, 6) is -2.73. The van der Waals surface area contributed by atoms with Crippen molar-refractivity contribution in [1.82, 2.24) is 0 Å². The van der Waals surface area contributed by atoms with Crippen LogP contribution in [-0.4, -0.2) is 23.9 Å². The van der Waals surface area contributed by atoms with Crippen LogP contribution in [0.25, 0.3) is 0 Å². The van der Waals surface area contributed by atoms with Gasteiger partial charge in [0.25, 0.3) is 0 Å². The van der Waals surface area contributed by atoms with E-state index in [1.807, 2.05) is 0 Å². The molecule has 0 aromatic carbocycles. The standard InChI is InChI=1S/C25H47NO5.Na/c1-2-3-4-5-6-7-8-9-10-11-12-13-14-15-16-17-18-19-24(29)31-25(30)22(26)20-21-23(27)28;/h22H,2-21,26H2,1H3,(H,27,28);/q;+1/p-1/t22-;/m0./s1. The van der Waals surface area contributed by atoms with E-state index >= 15 is 0 Å². The molecule has 0 aromatic rings. The van der Waals surface area contributed by atoms with Gasteiger partial charge in [0.2, 0.25) is 0 Å². The van der Waals surface area contributed by atoms with Crippen molar-refractivity contribution in [1.29, 1.82) is 0 Å². The third-order valence-corrected chi connectivity index (χ3v) is 5.66. The molecule has 0 aromatic heterocycles. The summed E-state index contributed by atoms with van der Waals surface area (Å²) in [7, 11) is 0. The number of aliphatic carboxylic acids is 1. The molecule has 1 atom stereocenters. The van der Waals surface area contributed by atoms with Crippen molar-refractivity contribution < 1.29 is 53.8 Å². The Morgan fingerprint density at radius 3 is 1.44 bits per heavy atom. The van der Waals surface area contributed by atoms with E-state index in [0.29, 0.717) is 6.42 Å². The number of ether oxygens (including phenoxy) is 1. The van der Waals surface area contributed by atoms with Crippen molar-refractivity contribution in [3.8, 4) is 0 Å². The van der Waals surface area contributed by atoms with Crippen LogP contribution in [0.1, 0.15) is 135 Å². The zero-order valence-corrected chi connectivity index (χ0v) is 22.8. The van der Waals surface area contributed by atoms with Crippen LogP contribution in [0.2, 0.25) is 0 Å². The molecule has 0 spiro atoms. The van der Waals surface area contributed by atoms with Gasteiger partial charge in [0.1, 0.15) is 6.04 Å². The van der Waals surface area contributed by atoms with Gasteiger partial charge in [-0.05, 0) is 19.3 Å². The Balaban J connectivity index is 0. The number of rotatable bonds is 22. The normalized spacial score (nSPS) is 11.6. The second-order valence-electron chi connectivity index (χ2n) is 8.72. The molecule has 7 heteroatoms. The zero-order valence-electron chi connectivity index (χ0n) is 20.8. The molecule has 0 aliphatic heterocycles. The average Bonchev–Trinajstić information content (AvgIpc) is 2.74. The average molecular weight is 464 g/mol. The van der Waals surface area contributed by atoms with Crippen LogP contribution in [-0.2, 0) is 19.1 Å². The molecule has 6 nitrogen and oxygen atoms in total. The number of hydrogen-bond acceptors (Lipinski definition) is 6. The molecule has 0 fully saturated rings. The monoisotopic (exact) mass is 463 g/mol. The van der Waals surface area contributed by atoms with Crippen LogP contribution < -0.4 is 40.4 Å². The van der Waals surface area contributed by atoms with Crippen molar-refractivity contribution in [2.75, 3.05) is 0 Å². The minimum Gasteiger partial charge on any atom is -0.550 e. The first-order valence-corrected chi connectivity index (χ1v) is 12.7. The van der Waals surface area contributed by atoms with Crippen molar-refractivity contribution in [3.05, 3.63) is 0 Å². The summed E-state index contributed by atoms with van der Waals surface area (Å²) in [5.41, 5.74) is 5.49. The van der Waals surface area contributed by atoms with Crippen molar-refractivity contribution in [2.24, 2.45) is 5.73 Å². The Kier molecular flexibility index (Phi) is 26.6. The molecule has 0 saturated carbocycles. The van der Waals surface area contributed by atoms with Gasteiger partial charge in [-0.3, -0.25) is 4.79 Å².